The number of aromatic nitrogens is 2. The molecule has 14 heteroatoms. The van der Waals surface area contributed by atoms with Gasteiger partial charge in [-0.25, -0.2) is 19.6 Å². The van der Waals surface area contributed by atoms with Crippen LogP contribution in [0.15, 0.2) is 46.0 Å². The van der Waals surface area contributed by atoms with Crippen LogP contribution < -0.4 is 9.47 Å². The summed E-state index contributed by atoms with van der Waals surface area (Å²) >= 11 is 6.45. The SMILES string of the molecule is CC(=O)SCC1CCN(C(=O)OC(C)(C)C)CC1.COc1ccc(Br)cn1.COc1ccc(SCC2CCN(C(=O)OC(C)(C)C)CC2)cn1. The number of halogens is 1. The lowest BCUT2D eigenvalue weighted by Gasteiger charge is -2.33. The molecule has 2 aliphatic heterocycles. The van der Waals surface area contributed by atoms with Crippen LogP contribution in [0.1, 0.15) is 74.1 Å². The lowest BCUT2D eigenvalue weighted by Crippen LogP contribution is -2.42. The number of methoxy groups -OCH3 is 2. The smallest absolute Gasteiger partial charge is 0.410 e. The molecule has 0 atom stereocenters. The van der Waals surface area contributed by atoms with Crippen molar-refractivity contribution in [2.24, 2.45) is 11.8 Å². The first-order valence-corrected chi connectivity index (χ1v) is 19.6. The van der Waals surface area contributed by atoms with Crippen molar-refractivity contribution < 1.29 is 33.3 Å². The van der Waals surface area contributed by atoms with Crippen molar-refractivity contribution in [1.82, 2.24) is 19.8 Å². The largest absolute Gasteiger partial charge is 0.481 e. The molecule has 0 bridgehead atoms. The molecule has 0 unspecified atom stereocenters. The molecule has 0 saturated carbocycles. The number of amides is 2. The van der Waals surface area contributed by atoms with Gasteiger partial charge >= 0.3 is 12.2 Å². The number of likely N-dealkylation sites (tertiary alicyclic amines) is 2. The highest BCUT2D eigenvalue weighted by atomic mass is 79.9. The molecule has 0 aromatic carbocycles. The molecular formula is C36H55BrN4O7S2. The lowest BCUT2D eigenvalue weighted by molar-refractivity contribution is -0.109. The molecule has 2 aromatic heterocycles. The van der Waals surface area contributed by atoms with Crippen LogP contribution in [0.2, 0.25) is 0 Å². The van der Waals surface area contributed by atoms with Gasteiger partial charge in [-0.15, -0.1) is 11.8 Å². The van der Waals surface area contributed by atoms with Crippen LogP contribution in [0.5, 0.6) is 11.8 Å². The van der Waals surface area contributed by atoms with Crippen molar-refractivity contribution in [3.05, 3.63) is 41.1 Å². The van der Waals surface area contributed by atoms with E-state index in [1.165, 1.54) is 11.8 Å². The Labute approximate surface area is 315 Å². The Balaban J connectivity index is 0.000000284. The fourth-order valence-electron chi connectivity index (χ4n) is 4.72. The number of nitrogens with zero attached hydrogens (tertiary/aromatic N) is 4. The molecule has 2 saturated heterocycles. The zero-order valence-corrected chi connectivity index (χ0v) is 34.2. The average molecular weight is 800 g/mol. The number of pyridine rings is 2. The zero-order valence-electron chi connectivity index (χ0n) is 31.0. The number of rotatable bonds is 7. The van der Waals surface area contributed by atoms with E-state index in [1.54, 1.807) is 38.3 Å². The Bertz CT molecular complexity index is 1310. The Morgan fingerprint density at radius 1 is 0.740 bits per heavy atom. The Morgan fingerprint density at radius 2 is 1.18 bits per heavy atom. The van der Waals surface area contributed by atoms with E-state index >= 15 is 0 Å². The first kappa shape index (κ1) is 43.5. The van der Waals surface area contributed by atoms with Gasteiger partial charge in [-0.3, -0.25) is 4.79 Å². The standard InChI is InChI=1S/C17H26N2O3S.C13H23NO3S.C6H6BrNO/c1-17(2,3)22-16(20)19-9-7-13(8-10-19)12-23-14-5-6-15(21-4)18-11-14;1-10(15)18-9-11-5-7-14(8-6-11)12(16)17-13(2,3)4;1-9-6-3-2-5(7)4-8-6/h5-6,11,13H,7-10,12H2,1-4H3;11H,5-9H2,1-4H3;2-4H,1H3. The van der Waals surface area contributed by atoms with Crippen molar-refractivity contribution in [3.63, 3.8) is 0 Å². The van der Waals surface area contributed by atoms with Gasteiger partial charge in [0, 0.05) is 78.5 Å². The molecule has 280 valence electrons. The molecule has 11 nitrogen and oxygen atoms in total. The van der Waals surface area contributed by atoms with E-state index in [2.05, 4.69) is 25.9 Å². The van der Waals surface area contributed by atoms with Crippen molar-refractivity contribution in [2.75, 3.05) is 51.9 Å². The second-order valence-corrected chi connectivity index (χ2v) is 17.2. The molecule has 2 amide bonds. The quantitative estimate of drug-likeness (QED) is 0.251. The molecule has 2 aromatic rings. The average Bonchev–Trinajstić information content (AvgIpc) is 3.06. The Kier molecular flexibility index (Phi) is 18.8. The van der Waals surface area contributed by atoms with E-state index < -0.39 is 11.2 Å². The fourth-order valence-corrected chi connectivity index (χ4v) is 6.81. The first-order valence-electron chi connectivity index (χ1n) is 16.9. The minimum absolute atomic E-state index is 0.171. The van der Waals surface area contributed by atoms with Gasteiger partial charge in [0.05, 0.1) is 14.2 Å². The first-order chi connectivity index (χ1) is 23.5. The summed E-state index contributed by atoms with van der Waals surface area (Å²) in [5.41, 5.74) is -0.858. The van der Waals surface area contributed by atoms with Crippen molar-refractivity contribution in [2.45, 2.75) is 90.2 Å². The lowest BCUT2D eigenvalue weighted by atomic mass is 9.99. The van der Waals surface area contributed by atoms with Crippen LogP contribution in [0.3, 0.4) is 0 Å². The normalized spacial score (nSPS) is 15.5. The molecule has 50 heavy (non-hydrogen) atoms. The second-order valence-electron chi connectivity index (χ2n) is 14.0. The summed E-state index contributed by atoms with van der Waals surface area (Å²) in [4.78, 5) is 47.6. The van der Waals surface area contributed by atoms with E-state index in [0.717, 1.165) is 72.7 Å². The highest BCUT2D eigenvalue weighted by Crippen LogP contribution is 2.28. The molecular weight excluding hydrogens is 744 g/mol. The highest BCUT2D eigenvalue weighted by molar-refractivity contribution is 9.10. The summed E-state index contributed by atoms with van der Waals surface area (Å²) in [6.45, 7) is 16.0. The van der Waals surface area contributed by atoms with Gasteiger partial charge in [-0.05, 0) is 107 Å². The summed E-state index contributed by atoms with van der Waals surface area (Å²) in [7, 11) is 3.21. The molecule has 0 spiro atoms. The maximum atomic E-state index is 12.0. The van der Waals surface area contributed by atoms with Crippen molar-refractivity contribution in [1.29, 1.82) is 0 Å². The van der Waals surface area contributed by atoms with Gasteiger partial charge in [-0.1, -0.05) is 11.8 Å². The third kappa shape index (κ3) is 18.5. The number of hydrogen-bond acceptors (Lipinski definition) is 11. The van der Waals surface area contributed by atoms with Crippen molar-refractivity contribution >= 4 is 56.8 Å². The number of carbonyl (C=O) groups is 3. The summed E-state index contributed by atoms with van der Waals surface area (Å²) in [5.74, 6) is 4.37. The molecule has 0 aliphatic carbocycles. The number of thioether (sulfide) groups is 2. The number of carbonyl (C=O) groups excluding carboxylic acids is 3. The van der Waals surface area contributed by atoms with E-state index in [9.17, 15) is 14.4 Å². The van der Waals surface area contributed by atoms with E-state index in [4.69, 9.17) is 18.9 Å². The molecule has 4 heterocycles. The van der Waals surface area contributed by atoms with E-state index in [-0.39, 0.29) is 17.3 Å². The maximum Gasteiger partial charge on any atom is 0.410 e. The van der Waals surface area contributed by atoms with Gasteiger partial charge in [0.2, 0.25) is 11.8 Å². The predicted molar refractivity (Wildman–Crippen MR) is 204 cm³/mol. The molecule has 2 aliphatic rings. The number of ether oxygens (including phenoxy) is 4. The predicted octanol–water partition coefficient (Wildman–Crippen LogP) is 8.60. The topological polar surface area (TPSA) is 120 Å². The van der Waals surface area contributed by atoms with E-state index in [0.29, 0.717) is 23.6 Å². The number of piperidine rings is 2. The maximum absolute atomic E-state index is 12.0. The minimum Gasteiger partial charge on any atom is -0.481 e. The van der Waals surface area contributed by atoms with Gasteiger partial charge in [0.25, 0.3) is 0 Å². The van der Waals surface area contributed by atoms with Crippen LogP contribution in [0.4, 0.5) is 9.59 Å². The third-order valence-corrected chi connectivity index (χ3v) is 10.1. The van der Waals surface area contributed by atoms with Crippen LogP contribution in [0, 0.1) is 11.8 Å². The third-order valence-electron chi connectivity index (χ3n) is 7.37. The Morgan fingerprint density at radius 3 is 1.54 bits per heavy atom. The van der Waals surface area contributed by atoms with Gasteiger partial charge < -0.3 is 28.7 Å². The van der Waals surface area contributed by atoms with Gasteiger partial charge in [0.15, 0.2) is 5.12 Å². The van der Waals surface area contributed by atoms with Gasteiger partial charge in [-0.2, -0.15) is 0 Å². The van der Waals surface area contributed by atoms with Crippen LogP contribution in [-0.4, -0.2) is 100 Å². The summed E-state index contributed by atoms with van der Waals surface area (Å²) in [6, 6.07) is 7.59. The summed E-state index contributed by atoms with van der Waals surface area (Å²) in [5, 5.41) is 0.171. The fraction of sp³-hybridized carbons (Fsp3) is 0.639. The summed E-state index contributed by atoms with van der Waals surface area (Å²) in [6.07, 6.45) is 7.09. The zero-order chi connectivity index (χ0) is 37.3. The van der Waals surface area contributed by atoms with Gasteiger partial charge in [0.1, 0.15) is 11.2 Å². The van der Waals surface area contributed by atoms with Crippen LogP contribution in [0.25, 0.3) is 0 Å². The summed E-state index contributed by atoms with van der Waals surface area (Å²) < 4.78 is 21.6. The second kappa shape index (κ2) is 21.6. The van der Waals surface area contributed by atoms with Crippen LogP contribution in [-0.2, 0) is 14.3 Å². The van der Waals surface area contributed by atoms with Crippen molar-refractivity contribution in [3.8, 4) is 11.8 Å². The van der Waals surface area contributed by atoms with Crippen LogP contribution >= 0.6 is 39.5 Å². The highest BCUT2D eigenvalue weighted by Gasteiger charge is 2.28. The molecule has 4 rings (SSSR count). The molecule has 0 N–H and O–H groups in total. The number of hydrogen-bond donors (Lipinski definition) is 0. The Hall–Kier alpha value is -2.71. The molecule has 2 fully saturated rings. The van der Waals surface area contributed by atoms with E-state index in [1.807, 2.05) is 82.6 Å². The monoisotopic (exact) mass is 798 g/mol. The molecule has 0 radical (unpaired) electrons. The minimum atomic E-state index is -0.432.